The fraction of sp³-hybridized carbons (Fsp3) is 0.133. The maximum Gasteiger partial charge on any atom is 0.248 e. The van der Waals surface area contributed by atoms with Gasteiger partial charge in [-0.2, -0.15) is 0 Å². The van der Waals surface area contributed by atoms with E-state index in [1.54, 1.807) is 37.5 Å². The molecule has 0 radical (unpaired) electrons. The summed E-state index contributed by atoms with van der Waals surface area (Å²) < 4.78 is 10.4. The highest BCUT2D eigenvalue weighted by atomic mass is 16.5. The average Bonchev–Trinajstić information content (AvgIpc) is 2.83. The van der Waals surface area contributed by atoms with Crippen LogP contribution >= 0.6 is 0 Å². The summed E-state index contributed by atoms with van der Waals surface area (Å²) in [4.78, 5) is 11.7. The number of amides is 1. The summed E-state index contributed by atoms with van der Waals surface area (Å²) in [5, 5.41) is 2.75. The highest BCUT2D eigenvalue weighted by molar-refractivity contribution is 6.01. The molecule has 4 heteroatoms. The Balaban J connectivity index is 1.95. The second-order valence-corrected chi connectivity index (χ2v) is 4.00. The van der Waals surface area contributed by atoms with Crippen molar-refractivity contribution in [3.63, 3.8) is 0 Å². The van der Waals surface area contributed by atoms with Crippen LogP contribution in [0.2, 0.25) is 0 Å². The van der Waals surface area contributed by atoms with Crippen LogP contribution < -0.4 is 10.1 Å². The van der Waals surface area contributed by atoms with Gasteiger partial charge in [-0.05, 0) is 49.4 Å². The molecule has 2 rings (SSSR count). The molecule has 1 N–H and O–H groups in total. The lowest BCUT2D eigenvalue weighted by molar-refractivity contribution is -0.111. The van der Waals surface area contributed by atoms with Gasteiger partial charge >= 0.3 is 0 Å². The lowest BCUT2D eigenvalue weighted by Crippen LogP contribution is -2.07. The van der Waals surface area contributed by atoms with E-state index in [0.29, 0.717) is 11.4 Å². The normalized spacial score (nSPS) is 10.6. The smallest absolute Gasteiger partial charge is 0.248 e. The minimum absolute atomic E-state index is 0.209. The van der Waals surface area contributed by atoms with Crippen LogP contribution in [0.1, 0.15) is 11.5 Å². The minimum Gasteiger partial charge on any atom is -0.497 e. The van der Waals surface area contributed by atoms with Gasteiger partial charge in [0.15, 0.2) is 0 Å². The van der Waals surface area contributed by atoms with E-state index in [2.05, 4.69) is 5.32 Å². The van der Waals surface area contributed by atoms with Gasteiger partial charge in [0, 0.05) is 11.8 Å². The summed E-state index contributed by atoms with van der Waals surface area (Å²) in [6, 6.07) is 10.8. The summed E-state index contributed by atoms with van der Waals surface area (Å²) in [5.41, 5.74) is 0.714. The van der Waals surface area contributed by atoms with Crippen molar-refractivity contribution in [1.82, 2.24) is 0 Å². The van der Waals surface area contributed by atoms with E-state index in [9.17, 15) is 4.79 Å². The molecule has 0 fully saturated rings. The van der Waals surface area contributed by atoms with Crippen molar-refractivity contribution in [2.24, 2.45) is 0 Å². The number of rotatable bonds is 4. The first-order valence-corrected chi connectivity index (χ1v) is 5.87. The Kier molecular flexibility index (Phi) is 4.03. The van der Waals surface area contributed by atoms with Gasteiger partial charge in [-0.15, -0.1) is 0 Å². The van der Waals surface area contributed by atoms with Crippen molar-refractivity contribution in [3.05, 3.63) is 54.0 Å². The summed E-state index contributed by atoms with van der Waals surface area (Å²) in [5.74, 6) is 2.01. The molecule has 2 aromatic rings. The van der Waals surface area contributed by atoms with E-state index in [1.165, 1.54) is 6.08 Å². The number of ether oxygens (including phenoxy) is 1. The number of hydrogen-bond donors (Lipinski definition) is 1. The van der Waals surface area contributed by atoms with Crippen molar-refractivity contribution in [1.29, 1.82) is 0 Å². The van der Waals surface area contributed by atoms with E-state index < -0.39 is 0 Å². The molecule has 0 atom stereocenters. The summed E-state index contributed by atoms with van der Waals surface area (Å²) in [6.45, 7) is 1.86. The number of anilines is 1. The third-order valence-electron chi connectivity index (χ3n) is 2.52. The van der Waals surface area contributed by atoms with Gasteiger partial charge in [0.05, 0.1) is 7.11 Å². The first-order valence-electron chi connectivity index (χ1n) is 5.87. The Morgan fingerprint density at radius 3 is 2.53 bits per heavy atom. The Morgan fingerprint density at radius 1 is 1.21 bits per heavy atom. The average molecular weight is 257 g/mol. The molecule has 0 saturated heterocycles. The number of hydrogen-bond acceptors (Lipinski definition) is 3. The zero-order valence-corrected chi connectivity index (χ0v) is 10.8. The number of aryl methyl sites for hydroxylation is 1. The van der Waals surface area contributed by atoms with Gasteiger partial charge in [0.2, 0.25) is 5.91 Å². The topological polar surface area (TPSA) is 51.5 Å². The van der Waals surface area contributed by atoms with E-state index in [-0.39, 0.29) is 5.91 Å². The fourth-order valence-corrected chi connectivity index (χ4v) is 1.56. The zero-order chi connectivity index (χ0) is 13.7. The van der Waals surface area contributed by atoms with Crippen LogP contribution in [0.3, 0.4) is 0 Å². The Bertz CT molecular complexity index is 582. The van der Waals surface area contributed by atoms with Gasteiger partial charge in [-0.3, -0.25) is 4.79 Å². The first-order chi connectivity index (χ1) is 9.17. The van der Waals surface area contributed by atoms with Gasteiger partial charge in [-0.25, -0.2) is 0 Å². The van der Waals surface area contributed by atoms with Crippen molar-refractivity contribution < 1.29 is 13.9 Å². The van der Waals surface area contributed by atoms with Gasteiger partial charge < -0.3 is 14.5 Å². The third-order valence-corrected chi connectivity index (χ3v) is 2.52. The highest BCUT2D eigenvalue weighted by Gasteiger charge is 1.99. The molecule has 0 aliphatic carbocycles. The van der Waals surface area contributed by atoms with E-state index >= 15 is 0 Å². The largest absolute Gasteiger partial charge is 0.497 e. The fourth-order valence-electron chi connectivity index (χ4n) is 1.56. The molecule has 0 aliphatic rings. The van der Waals surface area contributed by atoms with Crippen molar-refractivity contribution in [3.8, 4) is 5.75 Å². The molecule has 0 unspecified atom stereocenters. The van der Waals surface area contributed by atoms with Gasteiger partial charge in [-0.1, -0.05) is 0 Å². The molecule has 4 nitrogen and oxygen atoms in total. The molecule has 1 aromatic heterocycles. The van der Waals surface area contributed by atoms with Crippen molar-refractivity contribution in [2.75, 3.05) is 12.4 Å². The molecule has 0 bridgehead atoms. The van der Waals surface area contributed by atoms with Gasteiger partial charge in [0.1, 0.15) is 17.3 Å². The van der Waals surface area contributed by atoms with Crippen LogP contribution in [-0.4, -0.2) is 13.0 Å². The number of benzene rings is 1. The number of furan rings is 1. The predicted octanol–water partition coefficient (Wildman–Crippen LogP) is 3.25. The lowest BCUT2D eigenvalue weighted by Gasteiger charge is -2.03. The van der Waals surface area contributed by atoms with Crippen molar-refractivity contribution in [2.45, 2.75) is 6.92 Å². The summed E-state index contributed by atoms with van der Waals surface area (Å²) >= 11 is 0. The molecule has 0 aliphatic heterocycles. The predicted molar refractivity (Wildman–Crippen MR) is 74.1 cm³/mol. The number of methoxy groups -OCH3 is 1. The zero-order valence-electron chi connectivity index (χ0n) is 10.8. The lowest BCUT2D eigenvalue weighted by atomic mass is 10.3. The quantitative estimate of drug-likeness (QED) is 0.855. The number of carbonyl (C=O) groups is 1. The Morgan fingerprint density at radius 2 is 1.95 bits per heavy atom. The standard InChI is InChI=1S/C15H15NO3/c1-11-3-6-14(19-11)9-10-15(17)16-12-4-7-13(18-2)8-5-12/h3-10H,1-2H3,(H,16,17)/b10-9+. The molecule has 98 valence electrons. The third kappa shape index (κ3) is 3.74. The Labute approximate surface area is 111 Å². The van der Waals surface area contributed by atoms with Crippen molar-refractivity contribution >= 4 is 17.7 Å². The monoisotopic (exact) mass is 257 g/mol. The highest BCUT2D eigenvalue weighted by Crippen LogP contribution is 2.15. The minimum atomic E-state index is -0.209. The molecular weight excluding hydrogens is 242 g/mol. The maximum atomic E-state index is 11.7. The van der Waals surface area contributed by atoms with E-state index in [0.717, 1.165) is 11.5 Å². The van der Waals surface area contributed by atoms with Crippen LogP contribution in [0.25, 0.3) is 6.08 Å². The van der Waals surface area contributed by atoms with Crippen LogP contribution in [0, 0.1) is 6.92 Å². The van der Waals surface area contributed by atoms with Crippen LogP contribution in [0.4, 0.5) is 5.69 Å². The van der Waals surface area contributed by atoms with E-state index in [4.69, 9.17) is 9.15 Å². The second kappa shape index (κ2) is 5.91. The molecule has 1 heterocycles. The van der Waals surface area contributed by atoms with Crippen LogP contribution in [-0.2, 0) is 4.79 Å². The second-order valence-electron chi connectivity index (χ2n) is 4.00. The summed E-state index contributed by atoms with van der Waals surface area (Å²) in [6.07, 6.45) is 3.06. The van der Waals surface area contributed by atoms with E-state index in [1.807, 2.05) is 19.1 Å². The maximum absolute atomic E-state index is 11.7. The number of carbonyl (C=O) groups excluding carboxylic acids is 1. The Hall–Kier alpha value is -2.49. The molecule has 1 amide bonds. The molecule has 0 spiro atoms. The summed E-state index contributed by atoms with van der Waals surface area (Å²) in [7, 11) is 1.60. The molecular formula is C15H15NO3. The van der Waals surface area contributed by atoms with Crippen LogP contribution in [0.15, 0.2) is 46.9 Å². The number of nitrogens with one attached hydrogen (secondary N) is 1. The SMILES string of the molecule is COc1ccc(NC(=O)/C=C/c2ccc(C)o2)cc1. The first kappa shape index (κ1) is 13.0. The molecule has 0 saturated carbocycles. The van der Waals surface area contributed by atoms with Crippen LogP contribution in [0.5, 0.6) is 5.75 Å². The van der Waals surface area contributed by atoms with Gasteiger partial charge in [0.25, 0.3) is 0 Å². The molecule has 1 aromatic carbocycles. The molecule has 19 heavy (non-hydrogen) atoms.